The van der Waals surface area contributed by atoms with Crippen LogP contribution < -0.4 is 5.73 Å². The highest BCUT2D eigenvalue weighted by Crippen LogP contribution is 2.22. The molecule has 126 valence electrons. The maximum absolute atomic E-state index is 12.5. The number of nitrogens with two attached hydrogens (primary N) is 1. The highest BCUT2D eigenvalue weighted by atomic mass is 32.2. The number of piperidine rings is 1. The first-order chi connectivity index (χ1) is 10.9. The summed E-state index contributed by atoms with van der Waals surface area (Å²) in [4.78, 5) is 25.3. The van der Waals surface area contributed by atoms with Crippen molar-refractivity contribution in [2.24, 2.45) is 11.7 Å². The van der Waals surface area contributed by atoms with Gasteiger partial charge in [-0.15, -0.1) is 0 Å². The van der Waals surface area contributed by atoms with Gasteiger partial charge in [-0.25, -0.2) is 0 Å². The monoisotopic (exact) mass is 336 g/mol. The molecule has 0 aromatic heterocycles. The van der Waals surface area contributed by atoms with E-state index < -0.39 is 10.8 Å². The van der Waals surface area contributed by atoms with Crippen molar-refractivity contribution in [3.05, 3.63) is 35.4 Å². The molecule has 3 atom stereocenters. The molecule has 1 heterocycles. The van der Waals surface area contributed by atoms with Gasteiger partial charge in [-0.05, 0) is 32.3 Å². The number of hydrogen-bond donors (Lipinski definition) is 1. The molecule has 1 aromatic rings. The molecule has 2 amide bonds. The van der Waals surface area contributed by atoms with Crippen molar-refractivity contribution >= 4 is 22.6 Å². The Morgan fingerprint density at radius 2 is 2.17 bits per heavy atom. The summed E-state index contributed by atoms with van der Waals surface area (Å²) in [6.07, 6.45) is 1.49. The molecular weight excluding hydrogens is 312 g/mol. The normalized spacial score (nSPS) is 20.8. The van der Waals surface area contributed by atoms with Crippen molar-refractivity contribution in [1.82, 2.24) is 4.90 Å². The Hall–Kier alpha value is -1.69. The molecule has 0 saturated carbocycles. The van der Waals surface area contributed by atoms with E-state index in [1.807, 2.05) is 38.1 Å². The SMILES string of the molecule is Cc1cccc([C@H](C)[S@](=O)CC(=O)N2CCC[C@@H](C(N)=O)C2)c1. The second-order valence-electron chi connectivity index (χ2n) is 6.16. The zero-order valence-corrected chi connectivity index (χ0v) is 14.5. The number of benzene rings is 1. The van der Waals surface area contributed by atoms with Gasteiger partial charge in [-0.3, -0.25) is 13.8 Å². The van der Waals surface area contributed by atoms with E-state index in [1.165, 1.54) is 0 Å². The third kappa shape index (κ3) is 4.64. The summed E-state index contributed by atoms with van der Waals surface area (Å²) in [6, 6.07) is 7.85. The molecular formula is C17H24N2O3S. The predicted molar refractivity (Wildman–Crippen MR) is 91.1 cm³/mol. The summed E-state index contributed by atoms with van der Waals surface area (Å²) in [5.74, 6) is -0.818. The zero-order chi connectivity index (χ0) is 17.0. The molecule has 1 aliphatic rings. The van der Waals surface area contributed by atoms with Crippen LogP contribution in [0.15, 0.2) is 24.3 Å². The number of likely N-dealkylation sites (tertiary alicyclic amines) is 1. The van der Waals surface area contributed by atoms with E-state index in [9.17, 15) is 13.8 Å². The fourth-order valence-corrected chi connectivity index (χ4v) is 3.97. The highest BCUT2D eigenvalue weighted by molar-refractivity contribution is 7.86. The van der Waals surface area contributed by atoms with Gasteiger partial charge < -0.3 is 10.6 Å². The van der Waals surface area contributed by atoms with Crippen LogP contribution in [0.2, 0.25) is 0 Å². The van der Waals surface area contributed by atoms with E-state index >= 15 is 0 Å². The number of amides is 2. The van der Waals surface area contributed by atoms with Gasteiger partial charge in [0.2, 0.25) is 11.8 Å². The maximum atomic E-state index is 12.5. The summed E-state index contributed by atoms with van der Waals surface area (Å²) < 4.78 is 12.5. The van der Waals surface area contributed by atoms with Crippen LogP contribution in [-0.4, -0.2) is 39.8 Å². The van der Waals surface area contributed by atoms with Crippen LogP contribution in [0.3, 0.4) is 0 Å². The molecule has 2 rings (SSSR count). The molecule has 1 aromatic carbocycles. The molecule has 23 heavy (non-hydrogen) atoms. The lowest BCUT2D eigenvalue weighted by molar-refractivity contribution is -0.132. The number of rotatable bonds is 5. The van der Waals surface area contributed by atoms with Crippen LogP contribution in [0.25, 0.3) is 0 Å². The average Bonchev–Trinajstić information content (AvgIpc) is 2.54. The van der Waals surface area contributed by atoms with Crippen molar-refractivity contribution in [3.8, 4) is 0 Å². The molecule has 1 fully saturated rings. The summed E-state index contributed by atoms with van der Waals surface area (Å²) >= 11 is 0. The molecule has 0 unspecified atom stereocenters. The standard InChI is InChI=1S/C17H24N2O3S/c1-12-5-3-6-14(9-12)13(2)23(22)11-16(20)19-8-4-7-15(10-19)17(18)21/h3,5-6,9,13,15H,4,7-8,10-11H2,1-2H3,(H2,18,21)/t13-,15+,23+/m0/s1. The number of primary amides is 1. The minimum atomic E-state index is -1.29. The first-order valence-electron chi connectivity index (χ1n) is 7.89. The van der Waals surface area contributed by atoms with Gasteiger partial charge in [0, 0.05) is 23.9 Å². The summed E-state index contributed by atoms with van der Waals surface area (Å²) in [5, 5.41) is -0.199. The first-order valence-corrected chi connectivity index (χ1v) is 9.27. The second-order valence-corrected chi connectivity index (χ2v) is 7.92. The van der Waals surface area contributed by atoms with E-state index in [2.05, 4.69) is 0 Å². The lowest BCUT2D eigenvalue weighted by atomic mass is 9.97. The van der Waals surface area contributed by atoms with E-state index in [1.54, 1.807) is 4.90 Å². The van der Waals surface area contributed by atoms with Crippen molar-refractivity contribution in [3.63, 3.8) is 0 Å². The van der Waals surface area contributed by atoms with Gasteiger partial charge in [0.1, 0.15) is 5.75 Å². The highest BCUT2D eigenvalue weighted by Gasteiger charge is 2.28. The van der Waals surface area contributed by atoms with Crippen LogP contribution in [0.4, 0.5) is 0 Å². The Morgan fingerprint density at radius 3 is 2.83 bits per heavy atom. The molecule has 5 nitrogen and oxygen atoms in total. The Morgan fingerprint density at radius 1 is 1.43 bits per heavy atom. The van der Waals surface area contributed by atoms with Crippen molar-refractivity contribution in [2.75, 3.05) is 18.8 Å². The molecule has 0 bridgehead atoms. The molecule has 0 aliphatic carbocycles. The van der Waals surface area contributed by atoms with E-state index in [4.69, 9.17) is 5.73 Å². The predicted octanol–water partition coefficient (Wildman–Crippen LogP) is 1.53. The van der Waals surface area contributed by atoms with E-state index in [-0.39, 0.29) is 28.7 Å². The van der Waals surface area contributed by atoms with Gasteiger partial charge in [0.15, 0.2) is 0 Å². The largest absolute Gasteiger partial charge is 0.369 e. The smallest absolute Gasteiger partial charge is 0.235 e. The number of carbonyl (C=O) groups is 2. The number of carbonyl (C=O) groups excluding carboxylic acids is 2. The van der Waals surface area contributed by atoms with Crippen LogP contribution in [-0.2, 0) is 20.4 Å². The minimum absolute atomic E-state index is 0.0133. The van der Waals surface area contributed by atoms with Gasteiger partial charge in [-0.2, -0.15) is 0 Å². The van der Waals surface area contributed by atoms with Crippen molar-refractivity contribution in [1.29, 1.82) is 0 Å². The van der Waals surface area contributed by atoms with Gasteiger partial charge in [0.05, 0.1) is 11.2 Å². The average molecular weight is 336 g/mol. The van der Waals surface area contributed by atoms with Gasteiger partial charge >= 0.3 is 0 Å². The Labute approximate surface area is 139 Å². The van der Waals surface area contributed by atoms with Crippen LogP contribution in [0.5, 0.6) is 0 Å². The first kappa shape index (κ1) is 17.7. The molecule has 0 radical (unpaired) electrons. The minimum Gasteiger partial charge on any atom is -0.369 e. The third-order valence-electron chi connectivity index (χ3n) is 4.35. The lowest BCUT2D eigenvalue weighted by Crippen LogP contribution is -2.45. The Balaban J connectivity index is 1.96. The summed E-state index contributed by atoms with van der Waals surface area (Å²) in [5.41, 5.74) is 7.42. The zero-order valence-electron chi connectivity index (χ0n) is 13.7. The number of aryl methyl sites for hydroxylation is 1. The fourth-order valence-electron chi connectivity index (χ4n) is 2.85. The van der Waals surface area contributed by atoms with Crippen molar-refractivity contribution < 1.29 is 13.8 Å². The summed E-state index contributed by atoms with van der Waals surface area (Å²) in [7, 11) is -1.29. The van der Waals surface area contributed by atoms with Crippen molar-refractivity contribution in [2.45, 2.75) is 31.9 Å². The quantitative estimate of drug-likeness (QED) is 0.885. The third-order valence-corrected chi connectivity index (χ3v) is 5.94. The molecule has 1 saturated heterocycles. The number of hydrogen-bond acceptors (Lipinski definition) is 3. The Bertz CT molecular complexity index is 618. The lowest BCUT2D eigenvalue weighted by Gasteiger charge is -2.31. The Kier molecular flexibility index (Phi) is 5.93. The van der Waals surface area contributed by atoms with Gasteiger partial charge in [0.25, 0.3) is 0 Å². The number of nitrogens with zero attached hydrogens (tertiary/aromatic N) is 1. The second kappa shape index (κ2) is 7.73. The summed E-state index contributed by atoms with van der Waals surface area (Å²) in [6.45, 7) is 4.82. The fraction of sp³-hybridized carbons (Fsp3) is 0.529. The van der Waals surface area contributed by atoms with E-state index in [0.29, 0.717) is 13.1 Å². The van der Waals surface area contributed by atoms with Crippen LogP contribution in [0, 0.1) is 12.8 Å². The molecule has 1 aliphatic heterocycles. The van der Waals surface area contributed by atoms with Gasteiger partial charge in [-0.1, -0.05) is 29.8 Å². The molecule has 0 spiro atoms. The van der Waals surface area contributed by atoms with E-state index in [0.717, 1.165) is 24.0 Å². The molecule has 2 N–H and O–H groups in total. The molecule has 6 heteroatoms. The topological polar surface area (TPSA) is 80.5 Å². The van der Waals surface area contributed by atoms with Crippen LogP contribution in [0.1, 0.15) is 36.1 Å². The maximum Gasteiger partial charge on any atom is 0.235 e. The van der Waals surface area contributed by atoms with Crippen LogP contribution >= 0.6 is 0 Å².